The molecular weight excluding hydrogens is 280 g/mol. The molecule has 2 rings (SSSR count). The molecule has 0 bridgehead atoms. The summed E-state index contributed by atoms with van der Waals surface area (Å²) in [7, 11) is -3.47. The fraction of sp³-hybridized carbons (Fsp3) is 0.471. The van der Waals surface area contributed by atoms with Crippen LogP contribution in [0.5, 0.6) is 0 Å². The SMILES string of the molecule is C[Si](C)(C)C=CS(=O)(=C1CCCCC1)c1ccccc1. The highest BCUT2D eigenvalue weighted by Crippen LogP contribution is 2.24. The van der Waals surface area contributed by atoms with Gasteiger partial charge in [-0.15, -0.1) is 0 Å². The molecule has 1 aliphatic carbocycles. The molecule has 110 valence electrons. The molecule has 1 fully saturated rings. The highest BCUT2D eigenvalue weighted by molar-refractivity contribution is 8.05. The maximum atomic E-state index is 13.7. The zero-order valence-corrected chi connectivity index (χ0v) is 14.7. The minimum absolute atomic E-state index is 0.992. The lowest BCUT2D eigenvalue weighted by atomic mass is 10.0. The molecule has 0 heterocycles. The monoisotopic (exact) mass is 306 g/mol. The van der Waals surface area contributed by atoms with Gasteiger partial charge >= 0.3 is 0 Å². The van der Waals surface area contributed by atoms with Crippen molar-refractivity contribution >= 4 is 22.5 Å². The first kappa shape index (κ1) is 15.6. The second-order valence-electron chi connectivity index (χ2n) is 6.68. The van der Waals surface area contributed by atoms with Crippen molar-refractivity contribution in [2.45, 2.75) is 56.6 Å². The number of rotatable bonds is 3. The third kappa shape index (κ3) is 3.86. The lowest BCUT2D eigenvalue weighted by Crippen LogP contribution is -2.20. The van der Waals surface area contributed by atoms with Crippen LogP contribution in [-0.4, -0.2) is 17.1 Å². The van der Waals surface area contributed by atoms with Gasteiger partial charge in [0.2, 0.25) is 0 Å². The molecule has 0 spiro atoms. The van der Waals surface area contributed by atoms with Crippen LogP contribution in [0.4, 0.5) is 0 Å². The van der Waals surface area contributed by atoms with E-state index in [-0.39, 0.29) is 0 Å². The molecule has 0 saturated heterocycles. The minimum Gasteiger partial charge on any atom is -0.258 e. The van der Waals surface area contributed by atoms with Crippen molar-refractivity contribution < 1.29 is 4.21 Å². The van der Waals surface area contributed by atoms with Crippen LogP contribution in [0.1, 0.15) is 32.1 Å². The third-order valence-corrected chi connectivity index (χ3v) is 7.86. The second-order valence-corrected chi connectivity index (χ2v) is 14.3. The maximum Gasteiger partial charge on any atom is 0.0694 e. The molecule has 3 heteroatoms. The summed E-state index contributed by atoms with van der Waals surface area (Å²) in [6.07, 6.45) is 5.74. The van der Waals surface area contributed by atoms with Gasteiger partial charge in [-0.3, -0.25) is 4.21 Å². The van der Waals surface area contributed by atoms with Gasteiger partial charge in [0.1, 0.15) is 0 Å². The zero-order chi connectivity index (χ0) is 14.6. The highest BCUT2D eigenvalue weighted by atomic mass is 32.2. The van der Waals surface area contributed by atoms with E-state index < -0.39 is 17.6 Å². The largest absolute Gasteiger partial charge is 0.258 e. The lowest BCUT2D eigenvalue weighted by molar-refractivity contribution is 0.665. The average molecular weight is 307 g/mol. The summed E-state index contributed by atoms with van der Waals surface area (Å²) in [5, 5.41) is 2.05. The summed E-state index contributed by atoms with van der Waals surface area (Å²) < 4.78 is 13.7. The van der Waals surface area contributed by atoms with Crippen molar-refractivity contribution in [3.05, 3.63) is 41.4 Å². The highest BCUT2D eigenvalue weighted by Gasteiger charge is 2.19. The van der Waals surface area contributed by atoms with Crippen LogP contribution in [0.15, 0.2) is 46.3 Å². The van der Waals surface area contributed by atoms with Gasteiger partial charge in [-0.1, -0.05) is 50.0 Å². The lowest BCUT2D eigenvalue weighted by Gasteiger charge is -2.20. The van der Waals surface area contributed by atoms with E-state index in [1.54, 1.807) is 0 Å². The van der Waals surface area contributed by atoms with Gasteiger partial charge in [0, 0.05) is 14.4 Å². The predicted octanol–water partition coefficient (Wildman–Crippen LogP) is 4.86. The Morgan fingerprint density at radius 2 is 1.60 bits per heavy atom. The van der Waals surface area contributed by atoms with Crippen LogP contribution < -0.4 is 0 Å². The molecule has 0 N–H and O–H groups in total. The topological polar surface area (TPSA) is 17.1 Å². The van der Waals surface area contributed by atoms with Gasteiger partial charge in [0.25, 0.3) is 0 Å². The van der Waals surface area contributed by atoms with E-state index in [0.29, 0.717) is 0 Å². The van der Waals surface area contributed by atoms with Gasteiger partial charge in [-0.25, -0.2) is 0 Å². The van der Waals surface area contributed by atoms with Crippen molar-refractivity contribution in [1.29, 1.82) is 0 Å². The Hall–Kier alpha value is -0.803. The molecule has 0 aromatic heterocycles. The quantitative estimate of drug-likeness (QED) is 0.576. The number of benzene rings is 1. The molecular formula is C17H26OSSi. The van der Waals surface area contributed by atoms with Crippen LogP contribution in [0.2, 0.25) is 19.6 Å². The average Bonchev–Trinajstić information content (AvgIpc) is 2.46. The Bertz CT molecular complexity index is 579. The Balaban J connectivity index is 2.55. The Morgan fingerprint density at radius 1 is 1.00 bits per heavy atom. The molecule has 1 nitrogen and oxygen atoms in total. The second kappa shape index (κ2) is 6.31. The van der Waals surface area contributed by atoms with E-state index in [9.17, 15) is 4.21 Å². The Morgan fingerprint density at radius 3 is 2.15 bits per heavy atom. The molecule has 1 unspecified atom stereocenters. The van der Waals surface area contributed by atoms with Crippen LogP contribution in [-0.2, 0) is 9.52 Å². The van der Waals surface area contributed by atoms with E-state index in [1.807, 2.05) is 30.3 Å². The van der Waals surface area contributed by atoms with Crippen LogP contribution in [0.25, 0.3) is 0 Å². The predicted molar refractivity (Wildman–Crippen MR) is 93.4 cm³/mol. The van der Waals surface area contributed by atoms with Crippen molar-refractivity contribution in [2.24, 2.45) is 0 Å². The molecule has 0 aliphatic heterocycles. The first-order chi connectivity index (χ1) is 9.42. The molecule has 1 saturated carbocycles. The van der Waals surface area contributed by atoms with Gasteiger partial charge in [-0.2, -0.15) is 0 Å². The van der Waals surface area contributed by atoms with E-state index in [1.165, 1.54) is 24.1 Å². The summed E-state index contributed by atoms with van der Waals surface area (Å²) in [6, 6.07) is 10.1. The first-order valence-corrected chi connectivity index (χ1v) is 12.7. The van der Waals surface area contributed by atoms with Crippen LogP contribution >= 0.6 is 0 Å². The first-order valence-electron chi connectivity index (χ1n) is 7.55. The normalized spacial score (nSPS) is 20.1. The fourth-order valence-corrected chi connectivity index (χ4v) is 7.05. The van der Waals surface area contributed by atoms with E-state index in [0.717, 1.165) is 17.7 Å². The minimum atomic E-state index is -2.13. The fourth-order valence-electron chi connectivity index (χ4n) is 2.51. The van der Waals surface area contributed by atoms with E-state index in [4.69, 9.17) is 0 Å². The van der Waals surface area contributed by atoms with Gasteiger partial charge in [0.05, 0.1) is 8.07 Å². The Kier molecular flexibility index (Phi) is 4.92. The standard InChI is InChI=1S/C17H26OSSi/c1-20(2,3)15-14-19(18,16-10-6-4-7-11-16)17-12-8-5-9-13-17/h4,6-7,10-11,14-15H,5,8-9,12-13H2,1-3H3. The van der Waals surface area contributed by atoms with Gasteiger partial charge in [0.15, 0.2) is 0 Å². The van der Waals surface area contributed by atoms with Crippen molar-refractivity contribution in [3.8, 4) is 0 Å². The molecule has 0 amide bonds. The zero-order valence-electron chi connectivity index (χ0n) is 12.9. The Labute approximate surface area is 125 Å². The summed E-state index contributed by atoms with van der Waals surface area (Å²) >= 11 is 0. The van der Waals surface area contributed by atoms with Gasteiger partial charge in [-0.05, 0) is 48.1 Å². The smallest absolute Gasteiger partial charge is 0.0694 e. The molecule has 20 heavy (non-hydrogen) atoms. The van der Waals surface area contributed by atoms with Crippen LogP contribution in [0, 0.1) is 0 Å². The van der Waals surface area contributed by atoms with Crippen molar-refractivity contribution in [2.75, 3.05) is 0 Å². The number of hydrogen-bond acceptors (Lipinski definition) is 1. The number of hydrogen-bond donors (Lipinski definition) is 0. The van der Waals surface area contributed by atoms with Crippen LogP contribution in [0.3, 0.4) is 0 Å². The van der Waals surface area contributed by atoms with Gasteiger partial charge < -0.3 is 0 Å². The summed E-state index contributed by atoms with van der Waals surface area (Å²) in [6.45, 7) is 6.87. The molecule has 1 aromatic rings. The summed E-state index contributed by atoms with van der Waals surface area (Å²) in [5.74, 6) is 0. The molecule has 1 atom stereocenters. The summed E-state index contributed by atoms with van der Waals surface area (Å²) in [4.78, 5) is 2.26. The molecule has 0 radical (unpaired) electrons. The van der Waals surface area contributed by atoms with Crippen molar-refractivity contribution in [1.82, 2.24) is 0 Å². The molecule has 1 aromatic carbocycles. The van der Waals surface area contributed by atoms with E-state index >= 15 is 0 Å². The summed E-state index contributed by atoms with van der Waals surface area (Å²) in [5.41, 5.74) is 2.25. The third-order valence-electron chi connectivity index (χ3n) is 3.69. The van der Waals surface area contributed by atoms with Crippen molar-refractivity contribution in [3.63, 3.8) is 0 Å². The maximum absolute atomic E-state index is 13.7. The molecule has 1 aliphatic rings. The van der Waals surface area contributed by atoms with E-state index in [2.05, 4.69) is 30.7 Å².